The van der Waals surface area contributed by atoms with Gasteiger partial charge in [-0.05, 0) is 27.8 Å². The quantitative estimate of drug-likeness (QED) is 0.553. The molecule has 0 aromatic carbocycles. The van der Waals surface area contributed by atoms with Crippen molar-refractivity contribution in [2.45, 2.75) is 31.2 Å². The van der Waals surface area contributed by atoms with Gasteiger partial charge in [0.25, 0.3) is 0 Å². The van der Waals surface area contributed by atoms with Gasteiger partial charge in [-0.2, -0.15) is 5.26 Å². The van der Waals surface area contributed by atoms with E-state index in [1.807, 2.05) is 25.7 Å². The van der Waals surface area contributed by atoms with E-state index in [0.717, 1.165) is 5.75 Å². The van der Waals surface area contributed by atoms with E-state index in [0.29, 0.717) is 0 Å². The molecule has 0 saturated carbocycles. The third-order valence-electron chi connectivity index (χ3n) is 2.50. The average molecular weight is 170 g/mol. The van der Waals surface area contributed by atoms with Crippen LogP contribution in [0.4, 0.5) is 0 Å². The molecule has 0 aromatic rings. The van der Waals surface area contributed by atoms with E-state index in [4.69, 9.17) is 5.26 Å². The van der Waals surface area contributed by atoms with Gasteiger partial charge in [-0.1, -0.05) is 0 Å². The van der Waals surface area contributed by atoms with Gasteiger partial charge in [-0.3, -0.25) is 4.90 Å². The molecule has 62 valence electrons. The van der Waals surface area contributed by atoms with E-state index in [1.54, 1.807) is 0 Å². The molecule has 0 amide bonds. The zero-order valence-corrected chi connectivity index (χ0v) is 8.33. The highest BCUT2D eigenvalue weighted by Gasteiger charge is 2.45. The van der Waals surface area contributed by atoms with Crippen LogP contribution in [0.2, 0.25) is 0 Å². The molecule has 1 aliphatic rings. The number of thioether (sulfide) groups is 1. The second kappa shape index (κ2) is 2.40. The van der Waals surface area contributed by atoms with Crippen molar-refractivity contribution in [1.82, 2.24) is 4.90 Å². The predicted molar refractivity (Wildman–Crippen MR) is 48.3 cm³/mol. The number of nitriles is 1. The van der Waals surface area contributed by atoms with Crippen LogP contribution in [0.15, 0.2) is 0 Å². The van der Waals surface area contributed by atoms with Gasteiger partial charge >= 0.3 is 0 Å². The summed E-state index contributed by atoms with van der Waals surface area (Å²) in [7, 11) is 2.02. The lowest BCUT2D eigenvalue weighted by Gasteiger charge is -2.33. The Labute approximate surface area is 72.6 Å². The Kier molecular flexibility index (Phi) is 1.94. The molecule has 0 radical (unpaired) electrons. The van der Waals surface area contributed by atoms with Gasteiger partial charge in [-0.25, -0.2) is 0 Å². The molecule has 1 unspecified atom stereocenters. The van der Waals surface area contributed by atoms with Gasteiger partial charge in [0.05, 0.1) is 10.9 Å². The topological polar surface area (TPSA) is 27.0 Å². The summed E-state index contributed by atoms with van der Waals surface area (Å²) in [6, 6.07) is 2.35. The predicted octanol–water partition coefficient (Wildman–Crippen LogP) is 1.68. The maximum absolute atomic E-state index is 8.92. The minimum Gasteiger partial charge on any atom is -0.274 e. The van der Waals surface area contributed by atoms with E-state index in [-0.39, 0.29) is 10.4 Å². The first kappa shape index (κ1) is 8.89. The zero-order valence-electron chi connectivity index (χ0n) is 7.51. The molecule has 0 N–H and O–H groups in total. The second-order valence-corrected chi connectivity index (χ2v) is 5.26. The molecule has 1 fully saturated rings. The fraction of sp³-hybridized carbons (Fsp3) is 0.875. The monoisotopic (exact) mass is 170 g/mol. The summed E-state index contributed by atoms with van der Waals surface area (Å²) < 4.78 is 0. The Balaban J connectivity index is 2.89. The molecule has 1 aliphatic heterocycles. The van der Waals surface area contributed by atoms with Gasteiger partial charge in [-0.15, -0.1) is 11.8 Å². The maximum atomic E-state index is 8.92. The summed E-state index contributed by atoms with van der Waals surface area (Å²) in [4.78, 5) is 2.26. The molecule has 11 heavy (non-hydrogen) atoms. The van der Waals surface area contributed by atoms with Crippen LogP contribution in [-0.4, -0.2) is 28.1 Å². The van der Waals surface area contributed by atoms with Crippen molar-refractivity contribution < 1.29 is 0 Å². The lowest BCUT2D eigenvalue weighted by molar-refractivity contribution is 0.169. The fourth-order valence-corrected chi connectivity index (χ4v) is 2.50. The largest absolute Gasteiger partial charge is 0.274 e. The van der Waals surface area contributed by atoms with Crippen LogP contribution < -0.4 is 0 Å². The van der Waals surface area contributed by atoms with Gasteiger partial charge in [0.15, 0.2) is 0 Å². The van der Waals surface area contributed by atoms with E-state index in [1.165, 1.54) is 0 Å². The van der Waals surface area contributed by atoms with Crippen molar-refractivity contribution in [3.05, 3.63) is 0 Å². The first-order valence-electron chi connectivity index (χ1n) is 3.71. The van der Waals surface area contributed by atoms with E-state index >= 15 is 0 Å². The fourth-order valence-electron chi connectivity index (χ4n) is 1.21. The average Bonchev–Trinajstić information content (AvgIpc) is 2.16. The highest BCUT2D eigenvalue weighted by atomic mass is 32.2. The zero-order chi connectivity index (χ0) is 8.70. The maximum Gasteiger partial charge on any atom is 0.116 e. The molecule has 2 nitrogen and oxygen atoms in total. The summed E-state index contributed by atoms with van der Waals surface area (Å²) in [6.07, 6.45) is 0. The third-order valence-corrected chi connectivity index (χ3v) is 4.18. The summed E-state index contributed by atoms with van der Waals surface area (Å²) in [5, 5.41) is 8.92. The van der Waals surface area contributed by atoms with Gasteiger partial charge in [0.2, 0.25) is 0 Å². The van der Waals surface area contributed by atoms with Crippen molar-refractivity contribution in [3.63, 3.8) is 0 Å². The number of rotatable bonds is 0. The highest BCUT2D eigenvalue weighted by Crippen LogP contribution is 2.42. The Hall–Kier alpha value is -0.200. The third kappa shape index (κ3) is 1.25. The standard InChI is InChI=1S/C8H14N2S/c1-7(2)10(4)8(3,5-9)6-11-7/h6H2,1-4H3. The van der Waals surface area contributed by atoms with Gasteiger partial charge < -0.3 is 0 Å². The van der Waals surface area contributed by atoms with Crippen LogP contribution in [0.3, 0.4) is 0 Å². The first-order chi connectivity index (χ1) is 4.92. The highest BCUT2D eigenvalue weighted by molar-refractivity contribution is 8.00. The Morgan fingerprint density at radius 2 is 2.00 bits per heavy atom. The van der Waals surface area contributed by atoms with E-state index in [9.17, 15) is 0 Å². The molecule has 0 spiro atoms. The summed E-state index contributed by atoms with van der Waals surface area (Å²) in [6.45, 7) is 6.30. The van der Waals surface area contributed by atoms with Crippen molar-refractivity contribution in [3.8, 4) is 6.07 Å². The number of hydrogen-bond acceptors (Lipinski definition) is 3. The number of nitrogens with zero attached hydrogens (tertiary/aromatic N) is 2. The van der Waals surface area contributed by atoms with E-state index in [2.05, 4.69) is 24.8 Å². The lowest BCUT2D eigenvalue weighted by atomic mass is 10.0. The molecule has 1 saturated heterocycles. The van der Waals surface area contributed by atoms with Crippen LogP contribution in [0.5, 0.6) is 0 Å². The van der Waals surface area contributed by atoms with E-state index < -0.39 is 0 Å². The minimum atomic E-state index is -0.270. The molecule has 1 rings (SSSR count). The van der Waals surface area contributed by atoms with Crippen molar-refractivity contribution in [2.75, 3.05) is 12.8 Å². The summed E-state index contributed by atoms with van der Waals surface area (Å²) in [5.74, 6) is 0.910. The summed E-state index contributed by atoms with van der Waals surface area (Å²) in [5.41, 5.74) is -0.270. The van der Waals surface area contributed by atoms with Gasteiger partial charge in [0.1, 0.15) is 5.54 Å². The lowest BCUT2D eigenvalue weighted by Crippen LogP contribution is -2.46. The number of hydrogen-bond donors (Lipinski definition) is 0. The normalized spacial score (nSPS) is 37.0. The first-order valence-corrected chi connectivity index (χ1v) is 4.70. The van der Waals surface area contributed by atoms with Crippen molar-refractivity contribution >= 4 is 11.8 Å². The second-order valence-electron chi connectivity index (χ2n) is 3.68. The van der Waals surface area contributed by atoms with Gasteiger partial charge in [0, 0.05) is 5.75 Å². The molecular formula is C8H14N2S. The molecule has 0 aliphatic carbocycles. The Morgan fingerprint density at radius 3 is 2.18 bits per heavy atom. The summed E-state index contributed by atoms with van der Waals surface area (Å²) >= 11 is 1.84. The SMILES string of the molecule is CN1C(C)(C#N)CSC1(C)C. The van der Waals surface area contributed by atoms with Crippen LogP contribution in [0.25, 0.3) is 0 Å². The van der Waals surface area contributed by atoms with Crippen LogP contribution >= 0.6 is 11.8 Å². The van der Waals surface area contributed by atoms with Crippen molar-refractivity contribution in [1.29, 1.82) is 5.26 Å². The Morgan fingerprint density at radius 1 is 1.45 bits per heavy atom. The van der Waals surface area contributed by atoms with Crippen LogP contribution in [-0.2, 0) is 0 Å². The minimum absolute atomic E-state index is 0.116. The van der Waals surface area contributed by atoms with Crippen LogP contribution in [0.1, 0.15) is 20.8 Å². The molecule has 3 heteroatoms. The smallest absolute Gasteiger partial charge is 0.116 e. The molecule has 0 aromatic heterocycles. The Bertz CT molecular complexity index is 207. The van der Waals surface area contributed by atoms with Crippen molar-refractivity contribution in [2.24, 2.45) is 0 Å². The van der Waals surface area contributed by atoms with Crippen LogP contribution in [0, 0.1) is 11.3 Å². The molecule has 1 atom stereocenters. The molecule has 1 heterocycles. The molecular weight excluding hydrogens is 156 g/mol. The molecule has 0 bridgehead atoms.